The Bertz CT molecular complexity index is 516. The molecule has 0 saturated heterocycles. The van der Waals surface area contributed by atoms with Crippen molar-refractivity contribution in [1.82, 2.24) is 4.90 Å². The van der Waals surface area contributed by atoms with Crippen molar-refractivity contribution in [2.24, 2.45) is 0 Å². The van der Waals surface area contributed by atoms with E-state index >= 15 is 0 Å². The first-order valence-electron chi connectivity index (χ1n) is 5.65. The number of carbonyl (C=O) groups is 1. The Morgan fingerprint density at radius 2 is 2.22 bits per heavy atom. The molecule has 1 aliphatic heterocycles. The zero-order valence-electron chi connectivity index (χ0n) is 9.79. The second kappa shape index (κ2) is 5.76. The molecule has 18 heavy (non-hydrogen) atoms. The Labute approximate surface area is 128 Å². The summed E-state index contributed by atoms with van der Waals surface area (Å²) in [7, 11) is 0. The van der Waals surface area contributed by atoms with Gasteiger partial charge in [-0.1, -0.05) is 55.6 Å². The van der Waals surface area contributed by atoms with Crippen molar-refractivity contribution < 1.29 is 4.79 Å². The molecule has 0 fully saturated rings. The Morgan fingerprint density at radius 1 is 1.50 bits per heavy atom. The highest BCUT2D eigenvalue weighted by atomic mass is 79.9. The van der Waals surface area contributed by atoms with Gasteiger partial charge in [-0.25, -0.2) is 0 Å². The monoisotopic (exact) mass is 391 g/mol. The highest BCUT2D eigenvalue weighted by Crippen LogP contribution is 2.33. The molecule has 0 bridgehead atoms. The van der Waals surface area contributed by atoms with Crippen molar-refractivity contribution in [2.45, 2.75) is 18.2 Å². The Hall–Kier alpha value is -0.320. The van der Waals surface area contributed by atoms with Gasteiger partial charge in [0.1, 0.15) is 0 Å². The lowest BCUT2D eigenvalue weighted by molar-refractivity contribution is -0.127. The van der Waals surface area contributed by atoms with E-state index in [1.165, 1.54) is 0 Å². The van der Waals surface area contributed by atoms with Gasteiger partial charge in [-0.2, -0.15) is 0 Å². The second-order valence-corrected chi connectivity index (χ2v) is 6.40. The van der Waals surface area contributed by atoms with Crippen molar-refractivity contribution in [3.8, 4) is 0 Å². The van der Waals surface area contributed by atoms with E-state index in [1.807, 2.05) is 25.1 Å². The average molecular weight is 394 g/mol. The molecule has 1 atom stereocenters. The van der Waals surface area contributed by atoms with Gasteiger partial charge >= 0.3 is 0 Å². The molecule has 0 N–H and O–H groups in total. The number of rotatable bonds is 2. The molecule has 1 unspecified atom stereocenters. The average Bonchev–Trinajstić information content (AvgIpc) is 2.33. The lowest BCUT2D eigenvalue weighted by Crippen LogP contribution is -2.38. The van der Waals surface area contributed by atoms with E-state index in [4.69, 9.17) is 11.6 Å². The molecule has 2 rings (SSSR count). The number of hydrogen-bond donors (Lipinski definition) is 0. The quantitative estimate of drug-likeness (QED) is 0.680. The topological polar surface area (TPSA) is 20.3 Å². The van der Waals surface area contributed by atoms with Crippen LogP contribution in [0.25, 0.3) is 5.70 Å². The highest BCUT2D eigenvalue weighted by Gasteiger charge is 2.28. The normalized spacial score (nSPS) is 20.0. The van der Waals surface area contributed by atoms with Gasteiger partial charge in [-0.05, 0) is 25.5 Å². The fourth-order valence-electron chi connectivity index (χ4n) is 1.99. The van der Waals surface area contributed by atoms with Gasteiger partial charge < -0.3 is 4.90 Å². The van der Waals surface area contributed by atoms with Gasteiger partial charge in [0.05, 0.1) is 4.83 Å². The first-order chi connectivity index (χ1) is 8.54. The maximum absolute atomic E-state index is 12.1. The van der Waals surface area contributed by atoms with Gasteiger partial charge in [0.2, 0.25) is 5.91 Å². The molecule has 1 amide bonds. The van der Waals surface area contributed by atoms with Crippen molar-refractivity contribution >= 4 is 55.1 Å². The van der Waals surface area contributed by atoms with Gasteiger partial charge in [0.15, 0.2) is 0 Å². The molecular weight excluding hydrogens is 381 g/mol. The van der Waals surface area contributed by atoms with Gasteiger partial charge in [0.25, 0.3) is 0 Å². The largest absolute Gasteiger partial charge is 0.311 e. The maximum atomic E-state index is 12.1. The van der Waals surface area contributed by atoms with Crippen LogP contribution in [-0.4, -0.2) is 22.2 Å². The standard InChI is InChI=1S/C13H12Br2ClNO/c1-2-17-12(6-5-10(14)13(17)18)9-4-3-8(16)7-11(9)15/h3-4,6-7,10H,2,5H2,1H3. The minimum atomic E-state index is -0.118. The summed E-state index contributed by atoms with van der Waals surface area (Å²) >= 11 is 12.8. The molecule has 1 heterocycles. The molecule has 1 aliphatic rings. The van der Waals surface area contributed by atoms with E-state index in [2.05, 4.69) is 37.9 Å². The summed E-state index contributed by atoms with van der Waals surface area (Å²) in [6, 6.07) is 5.61. The number of nitrogens with zero attached hydrogens (tertiary/aromatic N) is 1. The fraction of sp³-hybridized carbons (Fsp3) is 0.308. The lowest BCUT2D eigenvalue weighted by Gasteiger charge is -2.30. The van der Waals surface area contributed by atoms with Gasteiger partial charge in [-0.3, -0.25) is 4.79 Å². The van der Waals surface area contributed by atoms with E-state index in [9.17, 15) is 4.79 Å². The van der Waals surface area contributed by atoms with Crippen LogP contribution in [0, 0.1) is 0 Å². The summed E-state index contributed by atoms with van der Waals surface area (Å²) in [6.07, 6.45) is 2.79. The zero-order chi connectivity index (χ0) is 13.3. The van der Waals surface area contributed by atoms with Crippen LogP contribution in [0.1, 0.15) is 18.9 Å². The number of benzene rings is 1. The summed E-state index contributed by atoms with van der Waals surface area (Å²) in [4.78, 5) is 13.8. The molecule has 0 radical (unpaired) electrons. The fourth-order valence-corrected chi connectivity index (χ4v) is 3.31. The van der Waals surface area contributed by atoms with Crippen LogP contribution in [0.3, 0.4) is 0 Å². The van der Waals surface area contributed by atoms with Gasteiger partial charge in [-0.15, -0.1) is 0 Å². The molecule has 2 nitrogen and oxygen atoms in total. The van der Waals surface area contributed by atoms with Crippen LogP contribution in [0.5, 0.6) is 0 Å². The number of alkyl halides is 1. The number of amides is 1. The van der Waals surface area contributed by atoms with Crippen molar-refractivity contribution in [3.63, 3.8) is 0 Å². The summed E-state index contributed by atoms with van der Waals surface area (Å²) in [5.41, 5.74) is 1.94. The smallest absolute Gasteiger partial charge is 0.241 e. The first-order valence-corrected chi connectivity index (χ1v) is 7.74. The van der Waals surface area contributed by atoms with Crippen LogP contribution in [0.15, 0.2) is 28.7 Å². The second-order valence-electron chi connectivity index (χ2n) is 4.00. The first kappa shape index (κ1) is 14.1. The third kappa shape index (κ3) is 2.65. The molecule has 0 aliphatic carbocycles. The van der Waals surface area contributed by atoms with Crippen molar-refractivity contribution in [1.29, 1.82) is 0 Å². The van der Waals surface area contributed by atoms with E-state index in [0.29, 0.717) is 18.0 Å². The lowest BCUT2D eigenvalue weighted by atomic mass is 10.0. The van der Waals surface area contributed by atoms with Crippen molar-refractivity contribution in [2.75, 3.05) is 6.54 Å². The maximum Gasteiger partial charge on any atom is 0.241 e. The molecule has 0 saturated carbocycles. The number of allylic oxidation sites excluding steroid dienone is 1. The Kier molecular flexibility index (Phi) is 4.51. The summed E-state index contributed by atoms with van der Waals surface area (Å²) < 4.78 is 0.903. The van der Waals surface area contributed by atoms with E-state index in [1.54, 1.807) is 4.90 Å². The summed E-state index contributed by atoms with van der Waals surface area (Å²) in [5.74, 6) is 0.108. The van der Waals surface area contributed by atoms with Gasteiger partial charge in [0, 0.05) is 27.3 Å². The number of hydrogen-bond acceptors (Lipinski definition) is 1. The molecule has 1 aromatic carbocycles. The minimum Gasteiger partial charge on any atom is -0.311 e. The molecule has 96 valence electrons. The molecule has 0 aromatic heterocycles. The Balaban J connectivity index is 2.45. The van der Waals surface area contributed by atoms with Crippen LogP contribution in [-0.2, 0) is 4.79 Å². The summed E-state index contributed by atoms with van der Waals surface area (Å²) in [5, 5.41) is 0.676. The van der Waals surface area contributed by atoms with Crippen molar-refractivity contribution in [3.05, 3.63) is 39.3 Å². The molecule has 5 heteroatoms. The molecule has 1 aromatic rings. The van der Waals surface area contributed by atoms with Crippen LogP contribution < -0.4 is 0 Å². The molecular formula is C13H12Br2ClNO. The van der Waals surface area contributed by atoms with E-state index in [-0.39, 0.29) is 10.7 Å². The summed E-state index contributed by atoms with van der Waals surface area (Å²) in [6.45, 7) is 2.63. The van der Waals surface area contributed by atoms with E-state index < -0.39 is 0 Å². The zero-order valence-corrected chi connectivity index (χ0v) is 13.7. The number of halogens is 3. The van der Waals surface area contributed by atoms with E-state index in [0.717, 1.165) is 15.7 Å². The Morgan fingerprint density at radius 3 is 2.83 bits per heavy atom. The molecule has 0 spiro atoms. The third-order valence-electron chi connectivity index (χ3n) is 2.87. The van der Waals surface area contributed by atoms with Crippen LogP contribution in [0.4, 0.5) is 0 Å². The van der Waals surface area contributed by atoms with Crippen LogP contribution in [0.2, 0.25) is 5.02 Å². The third-order valence-corrected chi connectivity index (χ3v) is 4.52. The predicted octanol–water partition coefficient (Wildman–Crippen LogP) is 4.46. The number of carbonyl (C=O) groups excluding carboxylic acids is 1. The SMILES string of the molecule is CCN1C(=O)C(Br)CC=C1c1ccc(Cl)cc1Br. The predicted molar refractivity (Wildman–Crippen MR) is 81.8 cm³/mol. The van der Waals surface area contributed by atoms with Crippen LogP contribution >= 0.6 is 43.5 Å². The minimum absolute atomic E-state index is 0.108. The highest BCUT2D eigenvalue weighted by molar-refractivity contribution is 9.10.